The van der Waals surface area contributed by atoms with E-state index >= 15 is 0 Å². The molecule has 0 aromatic heterocycles. The van der Waals surface area contributed by atoms with Crippen molar-refractivity contribution in [1.82, 2.24) is 4.90 Å². The summed E-state index contributed by atoms with van der Waals surface area (Å²) < 4.78 is 0. The number of benzene rings is 1. The Morgan fingerprint density at radius 1 is 1.42 bits per heavy atom. The van der Waals surface area contributed by atoms with Crippen LogP contribution in [0.2, 0.25) is 0 Å². The number of nitrogens with zero attached hydrogens (tertiary/aromatic N) is 2. The Bertz CT molecular complexity index is 521. The minimum absolute atomic E-state index is 0.701. The van der Waals surface area contributed by atoms with Crippen LogP contribution in [0.25, 0.3) is 0 Å². The topological polar surface area (TPSA) is 27.0 Å². The minimum Gasteiger partial charge on any atom is -0.291 e. The first-order valence-electron chi connectivity index (χ1n) is 6.23. The summed E-state index contributed by atoms with van der Waals surface area (Å²) >= 11 is 0. The first kappa shape index (κ1) is 14.9. The zero-order chi connectivity index (χ0) is 14.3. The third-order valence-electron chi connectivity index (χ3n) is 2.97. The highest BCUT2D eigenvalue weighted by Gasteiger charge is 2.07. The standard InChI is InChI=1S/C17H20N2/c1-5-9-19(12-14(3)6-2)13-17-8-7-16(11-18)10-15(17)4/h5-8,10H,1-3,9,12-13H2,4H3. The Morgan fingerprint density at radius 3 is 2.68 bits per heavy atom. The lowest BCUT2D eigenvalue weighted by Crippen LogP contribution is -2.25. The third kappa shape index (κ3) is 4.57. The van der Waals surface area contributed by atoms with E-state index in [1.807, 2.05) is 31.2 Å². The third-order valence-corrected chi connectivity index (χ3v) is 2.97. The van der Waals surface area contributed by atoms with E-state index in [1.165, 1.54) is 5.56 Å². The van der Waals surface area contributed by atoms with Crippen molar-refractivity contribution >= 4 is 0 Å². The molecule has 98 valence electrons. The molecule has 0 radical (unpaired) electrons. The van der Waals surface area contributed by atoms with E-state index in [1.54, 1.807) is 6.08 Å². The summed E-state index contributed by atoms with van der Waals surface area (Å²) in [5.74, 6) is 0. The highest BCUT2D eigenvalue weighted by molar-refractivity contribution is 5.37. The van der Waals surface area contributed by atoms with E-state index < -0.39 is 0 Å². The van der Waals surface area contributed by atoms with Crippen molar-refractivity contribution < 1.29 is 0 Å². The molecule has 2 nitrogen and oxygen atoms in total. The molecule has 0 aliphatic heterocycles. The lowest BCUT2D eigenvalue weighted by atomic mass is 10.0. The van der Waals surface area contributed by atoms with Gasteiger partial charge in [-0.1, -0.05) is 31.4 Å². The lowest BCUT2D eigenvalue weighted by Gasteiger charge is -2.22. The van der Waals surface area contributed by atoms with E-state index in [0.29, 0.717) is 5.56 Å². The highest BCUT2D eigenvalue weighted by atomic mass is 15.1. The molecule has 19 heavy (non-hydrogen) atoms. The maximum atomic E-state index is 8.87. The predicted octanol–water partition coefficient (Wildman–Crippen LogP) is 3.60. The average molecular weight is 252 g/mol. The normalized spacial score (nSPS) is 9.95. The molecule has 0 fully saturated rings. The van der Waals surface area contributed by atoms with E-state index in [9.17, 15) is 0 Å². The molecular formula is C17H20N2. The average Bonchev–Trinajstić information content (AvgIpc) is 2.41. The van der Waals surface area contributed by atoms with Crippen molar-refractivity contribution in [2.24, 2.45) is 0 Å². The van der Waals surface area contributed by atoms with Gasteiger partial charge in [0.05, 0.1) is 11.6 Å². The van der Waals surface area contributed by atoms with E-state index in [4.69, 9.17) is 5.26 Å². The molecule has 0 spiro atoms. The quantitative estimate of drug-likeness (QED) is 0.547. The number of nitriles is 1. The first-order valence-corrected chi connectivity index (χ1v) is 6.23. The molecule has 0 aliphatic carbocycles. The number of hydrogen-bond donors (Lipinski definition) is 0. The molecule has 1 rings (SSSR count). The maximum Gasteiger partial charge on any atom is 0.0991 e. The van der Waals surface area contributed by atoms with Crippen LogP contribution in [-0.4, -0.2) is 18.0 Å². The van der Waals surface area contributed by atoms with Crippen molar-refractivity contribution in [2.45, 2.75) is 13.5 Å². The van der Waals surface area contributed by atoms with Crippen molar-refractivity contribution in [3.63, 3.8) is 0 Å². The number of aryl methyl sites for hydroxylation is 1. The summed E-state index contributed by atoms with van der Waals surface area (Å²) in [5.41, 5.74) is 4.05. The van der Waals surface area contributed by atoms with Crippen LogP contribution in [0.5, 0.6) is 0 Å². The van der Waals surface area contributed by atoms with Gasteiger partial charge in [0.1, 0.15) is 0 Å². The molecule has 0 bridgehead atoms. The van der Waals surface area contributed by atoms with Gasteiger partial charge in [-0.05, 0) is 35.8 Å². The van der Waals surface area contributed by atoms with Crippen LogP contribution in [0.3, 0.4) is 0 Å². The molecule has 0 N–H and O–H groups in total. The van der Waals surface area contributed by atoms with Gasteiger partial charge in [0.25, 0.3) is 0 Å². The second-order valence-corrected chi connectivity index (χ2v) is 4.57. The first-order chi connectivity index (χ1) is 9.10. The highest BCUT2D eigenvalue weighted by Crippen LogP contribution is 2.14. The van der Waals surface area contributed by atoms with Crippen molar-refractivity contribution in [3.05, 3.63) is 72.4 Å². The molecule has 0 aliphatic rings. The van der Waals surface area contributed by atoms with Gasteiger partial charge in [0, 0.05) is 19.6 Å². The molecule has 0 saturated heterocycles. The lowest BCUT2D eigenvalue weighted by molar-refractivity contribution is 0.322. The van der Waals surface area contributed by atoms with Crippen molar-refractivity contribution in [3.8, 4) is 6.07 Å². The van der Waals surface area contributed by atoms with E-state index in [0.717, 1.165) is 30.8 Å². The van der Waals surface area contributed by atoms with Crippen LogP contribution in [-0.2, 0) is 6.54 Å². The molecule has 1 aromatic carbocycles. The van der Waals surface area contributed by atoms with Crippen LogP contribution >= 0.6 is 0 Å². The summed E-state index contributed by atoms with van der Waals surface area (Å²) in [5, 5.41) is 8.87. The molecule has 0 heterocycles. The van der Waals surface area contributed by atoms with Crippen molar-refractivity contribution in [1.29, 1.82) is 5.26 Å². The van der Waals surface area contributed by atoms with Gasteiger partial charge in [-0.2, -0.15) is 5.26 Å². The van der Waals surface area contributed by atoms with Crippen LogP contribution in [0.1, 0.15) is 16.7 Å². The smallest absolute Gasteiger partial charge is 0.0991 e. The fraction of sp³-hybridized carbons (Fsp3) is 0.235. The zero-order valence-corrected chi connectivity index (χ0v) is 11.5. The van der Waals surface area contributed by atoms with Gasteiger partial charge in [-0.3, -0.25) is 4.90 Å². The fourth-order valence-corrected chi connectivity index (χ4v) is 1.90. The van der Waals surface area contributed by atoms with Gasteiger partial charge in [0.15, 0.2) is 0 Å². The molecule has 2 heteroatoms. The summed E-state index contributed by atoms with van der Waals surface area (Å²) in [6.07, 6.45) is 3.66. The van der Waals surface area contributed by atoms with Gasteiger partial charge in [0.2, 0.25) is 0 Å². The number of rotatable bonds is 7. The molecule has 0 amide bonds. The Hall–Kier alpha value is -2.11. The second-order valence-electron chi connectivity index (χ2n) is 4.57. The van der Waals surface area contributed by atoms with Crippen LogP contribution < -0.4 is 0 Å². The SMILES string of the molecule is C=CCN(CC(=C)C=C)Cc1ccc(C#N)cc1C. The van der Waals surface area contributed by atoms with Gasteiger partial charge >= 0.3 is 0 Å². The number of hydrogen-bond acceptors (Lipinski definition) is 2. The van der Waals surface area contributed by atoms with Crippen molar-refractivity contribution in [2.75, 3.05) is 13.1 Å². The Balaban J connectivity index is 2.84. The second kappa shape index (κ2) is 7.35. The molecule has 0 unspecified atom stereocenters. The monoisotopic (exact) mass is 252 g/mol. The molecule has 0 saturated carbocycles. The molecule has 1 aromatic rings. The Labute approximate surface area is 116 Å². The van der Waals surface area contributed by atoms with Crippen LogP contribution in [0, 0.1) is 18.3 Å². The van der Waals surface area contributed by atoms with E-state index in [2.05, 4.69) is 30.7 Å². The van der Waals surface area contributed by atoms with Gasteiger partial charge in [-0.25, -0.2) is 0 Å². The van der Waals surface area contributed by atoms with Gasteiger partial charge in [-0.15, -0.1) is 6.58 Å². The Morgan fingerprint density at radius 2 is 2.16 bits per heavy atom. The van der Waals surface area contributed by atoms with Gasteiger partial charge < -0.3 is 0 Å². The van der Waals surface area contributed by atoms with Crippen LogP contribution in [0.4, 0.5) is 0 Å². The fourth-order valence-electron chi connectivity index (χ4n) is 1.90. The Kier molecular flexibility index (Phi) is 5.78. The summed E-state index contributed by atoms with van der Waals surface area (Å²) in [6, 6.07) is 7.95. The minimum atomic E-state index is 0.701. The zero-order valence-electron chi connectivity index (χ0n) is 11.5. The maximum absolute atomic E-state index is 8.87. The van der Waals surface area contributed by atoms with Crippen LogP contribution in [0.15, 0.2) is 55.7 Å². The summed E-state index contributed by atoms with van der Waals surface area (Å²) in [6.45, 7) is 15.9. The largest absolute Gasteiger partial charge is 0.291 e. The predicted molar refractivity (Wildman–Crippen MR) is 80.7 cm³/mol. The molecule has 0 atom stereocenters. The summed E-state index contributed by atoms with van der Waals surface area (Å²) in [7, 11) is 0. The summed E-state index contributed by atoms with van der Waals surface area (Å²) in [4.78, 5) is 2.24. The van der Waals surface area contributed by atoms with E-state index in [-0.39, 0.29) is 0 Å². The molecular weight excluding hydrogens is 232 g/mol.